The van der Waals surface area contributed by atoms with Gasteiger partial charge in [0.15, 0.2) is 0 Å². The minimum atomic E-state index is -0.133. The van der Waals surface area contributed by atoms with Crippen molar-refractivity contribution in [1.82, 2.24) is 14.5 Å². The van der Waals surface area contributed by atoms with E-state index < -0.39 is 0 Å². The Balaban J connectivity index is 1.31. The molecule has 0 unspecified atom stereocenters. The molecule has 7 nitrogen and oxygen atoms in total. The van der Waals surface area contributed by atoms with Crippen molar-refractivity contribution in [2.24, 2.45) is 0 Å². The lowest BCUT2D eigenvalue weighted by atomic mass is 10.2. The van der Waals surface area contributed by atoms with E-state index in [1.165, 1.54) is 16.5 Å². The van der Waals surface area contributed by atoms with Crippen LogP contribution in [0.1, 0.15) is 12.0 Å². The average molecular weight is 392 g/mol. The molecule has 150 valence electrons. The fourth-order valence-electron chi connectivity index (χ4n) is 3.42. The van der Waals surface area contributed by atoms with Crippen LogP contribution in [0.2, 0.25) is 0 Å². The van der Waals surface area contributed by atoms with Crippen LogP contribution in [0, 0.1) is 0 Å². The van der Waals surface area contributed by atoms with Crippen molar-refractivity contribution in [1.29, 1.82) is 0 Å². The molecule has 0 atom stereocenters. The Hall–Kier alpha value is -3.03. The molecule has 0 aliphatic carbocycles. The van der Waals surface area contributed by atoms with Crippen molar-refractivity contribution in [3.05, 3.63) is 70.8 Å². The van der Waals surface area contributed by atoms with Crippen LogP contribution in [0.5, 0.6) is 0 Å². The van der Waals surface area contributed by atoms with Gasteiger partial charge < -0.3 is 10.1 Å². The number of benzene rings is 2. The number of hydrogen-bond acceptors (Lipinski definition) is 5. The number of amides is 1. The second-order valence-electron chi connectivity index (χ2n) is 7.14. The van der Waals surface area contributed by atoms with Crippen molar-refractivity contribution in [2.45, 2.75) is 19.5 Å². The summed E-state index contributed by atoms with van der Waals surface area (Å²) in [7, 11) is 0. The third-order valence-corrected chi connectivity index (χ3v) is 5.06. The lowest BCUT2D eigenvalue weighted by molar-refractivity contribution is -0.116. The number of nitrogens with zero attached hydrogens (tertiary/aromatic N) is 3. The molecule has 1 aromatic heterocycles. The summed E-state index contributed by atoms with van der Waals surface area (Å²) < 4.78 is 6.85. The van der Waals surface area contributed by atoms with Crippen molar-refractivity contribution < 1.29 is 9.53 Å². The van der Waals surface area contributed by atoms with Crippen molar-refractivity contribution in [3.8, 4) is 0 Å². The van der Waals surface area contributed by atoms with Crippen molar-refractivity contribution in [2.75, 3.05) is 31.6 Å². The van der Waals surface area contributed by atoms with E-state index in [-0.39, 0.29) is 24.4 Å². The van der Waals surface area contributed by atoms with Gasteiger partial charge in [0, 0.05) is 38.3 Å². The van der Waals surface area contributed by atoms with Crippen LogP contribution in [0.3, 0.4) is 0 Å². The van der Waals surface area contributed by atoms with Gasteiger partial charge in [-0.2, -0.15) is 0 Å². The summed E-state index contributed by atoms with van der Waals surface area (Å²) in [4.78, 5) is 31.4. The number of hydrogen-bond donors (Lipinski definition) is 1. The van der Waals surface area contributed by atoms with E-state index in [0.29, 0.717) is 10.9 Å². The zero-order valence-corrected chi connectivity index (χ0v) is 16.2. The molecule has 2 heterocycles. The summed E-state index contributed by atoms with van der Waals surface area (Å²) >= 11 is 0. The lowest BCUT2D eigenvalue weighted by Gasteiger charge is -2.26. The van der Waals surface area contributed by atoms with Gasteiger partial charge in [-0.1, -0.05) is 24.3 Å². The van der Waals surface area contributed by atoms with Gasteiger partial charge in [0.1, 0.15) is 0 Å². The van der Waals surface area contributed by atoms with Crippen LogP contribution in [0.25, 0.3) is 10.9 Å². The molecule has 0 bridgehead atoms. The van der Waals surface area contributed by atoms with Gasteiger partial charge in [-0.15, -0.1) is 0 Å². The molecule has 2 aromatic carbocycles. The number of carbonyl (C=O) groups excluding carboxylic acids is 1. The summed E-state index contributed by atoms with van der Waals surface area (Å²) in [5.41, 5.74) is 2.50. The number of ether oxygens (including phenoxy) is 1. The summed E-state index contributed by atoms with van der Waals surface area (Å²) in [6.45, 7) is 4.63. The Morgan fingerprint density at radius 3 is 2.62 bits per heavy atom. The largest absolute Gasteiger partial charge is 0.379 e. The number of carbonyl (C=O) groups is 1. The second kappa shape index (κ2) is 8.98. The highest BCUT2D eigenvalue weighted by atomic mass is 16.5. The van der Waals surface area contributed by atoms with E-state index >= 15 is 0 Å². The molecule has 1 N–H and O–H groups in total. The molecule has 1 aliphatic heterocycles. The average Bonchev–Trinajstić information content (AvgIpc) is 2.76. The van der Waals surface area contributed by atoms with Gasteiger partial charge in [0.25, 0.3) is 5.56 Å². The zero-order chi connectivity index (χ0) is 20.1. The fraction of sp³-hybridized carbons (Fsp3) is 0.318. The summed E-state index contributed by atoms with van der Waals surface area (Å²) in [5, 5.41) is 3.45. The van der Waals surface area contributed by atoms with E-state index in [2.05, 4.69) is 15.2 Å². The molecular weight excluding hydrogens is 368 g/mol. The molecule has 4 rings (SSSR count). The fourth-order valence-corrected chi connectivity index (χ4v) is 3.42. The van der Waals surface area contributed by atoms with E-state index in [1.807, 2.05) is 36.4 Å². The standard InChI is InChI=1S/C22H24N4O3/c27-21(9-10-26-16-23-20-4-2-1-3-19(20)22(26)28)24-18-7-5-17(6-8-18)15-25-11-13-29-14-12-25/h1-8,16H,9-15H2,(H,24,27). The highest BCUT2D eigenvalue weighted by Gasteiger charge is 2.11. The summed E-state index contributed by atoms with van der Waals surface area (Å²) in [6, 6.07) is 15.1. The van der Waals surface area contributed by atoms with Gasteiger partial charge >= 0.3 is 0 Å². The Kier molecular flexibility index (Phi) is 5.97. The topological polar surface area (TPSA) is 76.5 Å². The van der Waals surface area contributed by atoms with Crippen LogP contribution in [0.4, 0.5) is 5.69 Å². The van der Waals surface area contributed by atoms with Crippen LogP contribution < -0.4 is 10.9 Å². The number of rotatable bonds is 6. The Labute approximate surface area is 168 Å². The Morgan fingerprint density at radius 1 is 1.07 bits per heavy atom. The highest BCUT2D eigenvalue weighted by molar-refractivity contribution is 5.90. The Bertz CT molecular complexity index is 1040. The molecule has 1 amide bonds. The molecular formula is C22H24N4O3. The number of morpholine rings is 1. The maximum Gasteiger partial charge on any atom is 0.261 e. The maximum absolute atomic E-state index is 12.5. The van der Waals surface area contributed by atoms with Crippen LogP contribution in [0.15, 0.2) is 59.7 Å². The third kappa shape index (κ3) is 4.88. The molecule has 1 fully saturated rings. The number of aryl methyl sites for hydroxylation is 1. The molecule has 29 heavy (non-hydrogen) atoms. The molecule has 3 aromatic rings. The quantitative estimate of drug-likeness (QED) is 0.696. The third-order valence-electron chi connectivity index (χ3n) is 5.06. The second-order valence-corrected chi connectivity index (χ2v) is 7.14. The first kappa shape index (κ1) is 19.3. The van der Waals surface area contributed by atoms with Gasteiger partial charge in [-0.3, -0.25) is 19.1 Å². The molecule has 0 radical (unpaired) electrons. The van der Waals surface area contributed by atoms with E-state index in [4.69, 9.17) is 4.74 Å². The molecule has 1 saturated heterocycles. The first-order chi connectivity index (χ1) is 14.2. The van der Waals surface area contributed by atoms with Crippen LogP contribution in [-0.2, 0) is 22.6 Å². The number of aromatic nitrogens is 2. The van der Waals surface area contributed by atoms with Gasteiger partial charge in [0.2, 0.25) is 5.91 Å². The normalized spacial score (nSPS) is 14.8. The van der Waals surface area contributed by atoms with Gasteiger partial charge in [-0.05, 0) is 29.8 Å². The number of fused-ring (bicyclic) bond motifs is 1. The predicted octanol–water partition coefficient (Wildman–Crippen LogP) is 2.26. The van der Waals surface area contributed by atoms with Crippen molar-refractivity contribution >= 4 is 22.5 Å². The lowest BCUT2D eigenvalue weighted by Crippen LogP contribution is -2.35. The molecule has 7 heteroatoms. The first-order valence-electron chi connectivity index (χ1n) is 9.82. The number of anilines is 1. The Morgan fingerprint density at radius 2 is 1.83 bits per heavy atom. The monoisotopic (exact) mass is 392 g/mol. The molecule has 1 aliphatic rings. The minimum Gasteiger partial charge on any atom is -0.379 e. The number of nitrogens with one attached hydrogen (secondary N) is 1. The number of para-hydroxylation sites is 1. The smallest absolute Gasteiger partial charge is 0.261 e. The van der Waals surface area contributed by atoms with Gasteiger partial charge in [-0.25, -0.2) is 4.98 Å². The van der Waals surface area contributed by atoms with E-state index in [9.17, 15) is 9.59 Å². The van der Waals surface area contributed by atoms with Crippen molar-refractivity contribution in [3.63, 3.8) is 0 Å². The highest BCUT2D eigenvalue weighted by Crippen LogP contribution is 2.13. The van der Waals surface area contributed by atoms with Gasteiger partial charge in [0.05, 0.1) is 30.4 Å². The molecule has 0 saturated carbocycles. The SMILES string of the molecule is O=C(CCn1cnc2ccccc2c1=O)Nc1ccc(CN2CCOCC2)cc1. The predicted molar refractivity (Wildman–Crippen MR) is 112 cm³/mol. The van der Waals surface area contributed by atoms with E-state index in [1.54, 1.807) is 12.1 Å². The van der Waals surface area contributed by atoms with Crippen LogP contribution >= 0.6 is 0 Å². The summed E-state index contributed by atoms with van der Waals surface area (Å²) in [6.07, 6.45) is 1.70. The maximum atomic E-state index is 12.5. The minimum absolute atomic E-state index is 0.129. The zero-order valence-electron chi connectivity index (χ0n) is 16.2. The van der Waals surface area contributed by atoms with E-state index in [0.717, 1.165) is 38.5 Å². The summed E-state index contributed by atoms with van der Waals surface area (Å²) in [5.74, 6) is -0.133. The van der Waals surface area contributed by atoms with Crippen LogP contribution in [-0.4, -0.2) is 46.7 Å². The molecule has 0 spiro atoms. The first-order valence-corrected chi connectivity index (χ1v) is 9.82.